The molecule has 4 heterocycles. The summed E-state index contributed by atoms with van der Waals surface area (Å²) in [5.41, 5.74) is -3.06. The van der Waals surface area contributed by atoms with Crippen LogP contribution >= 0.6 is 0 Å². The lowest BCUT2D eigenvalue weighted by atomic mass is 10.1. The maximum atomic E-state index is 13.8. The van der Waals surface area contributed by atoms with E-state index in [0.29, 0.717) is 4.52 Å². The Bertz CT molecular complexity index is 1580. The van der Waals surface area contributed by atoms with Crippen LogP contribution in [0.3, 0.4) is 0 Å². The third-order valence-electron chi connectivity index (χ3n) is 4.72. The Balaban J connectivity index is 1.85. The highest BCUT2D eigenvalue weighted by molar-refractivity contribution is 5.81. The van der Waals surface area contributed by atoms with E-state index in [9.17, 15) is 22.8 Å². The molecule has 0 saturated carbocycles. The fraction of sp³-hybridized carbons (Fsp3) is 0.100. The first kappa shape index (κ1) is 18.7. The molecule has 0 unspecified atom stereocenters. The molecular weight excluding hydrogens is 415 g/mol. The van der Waals surface area contributed by atoms with Gasteiger partial charge in [0.05, 0.1) is 11.3 Å². The first-order chi connectivity index (χ1) is 14.8. The fourth-order valence-corrected chi connectivity index (χ4v) is 3.38. The summed E-state index contributed by atoms with van der Waals surface area (Å²) in [6.07, 6.45) is -2.42. The molecule has 0 aliphatic heterocycles. The molecule has 0 saturated heterocycles. The van der Waals surface area contributed by atoms with Crippen LogP contribution in [-0.2, 0) is 6.18 Å². The molecule has 31 heavy (non-hydrogen) atoms. The second-order valence-corrected chi connectivity index (χ2v) is 6.66. The third-order valence-corrected chi connectivity index (χ3v) is 4.72. The van der Waals surface area contributed by atoms with E-state index in [-0.39, 0.29) is 45.0 Å². The van der Waals surface area contributed by atoms with Crippen LogP contribution in [0.2, 0.25) is 0 Å². The van der Waals surface area contributed by atoms with Gasteiger partial charge in [-0.3, -0.25) is 19.7 Å². The molecule has 0 fully saturated rings. The molecule has 5 aromatic rings. The largest absolute Gasteiger partial charge is 0.433 e. The molecule has 0 atom stereocenters. The topological polar surface area (TPSA) is 109 Å². The molecule has 5 rings (SSSR count). The number of oxazole rings is 1. The van der Waals surface area contributed by atoms with E-state index >= 15 is 0 Å². The zero-order valence-electron chi connectivity index (χ0n) is 15.6. The molecule has 0 radical (unpaired) electrons. The summed E-state index contributed by atoms with van der Waals surface area (Å²) in [6.45, 7) is 1.45. The van der Waals surface area contributed by atoms with E-state index in [1.54, 1.807) is 18.2 Å². The number of rotatable bonds is 2. The zero-order valence-corrected chi connectivity index (χ0v) is 15.6. The molecule has 0 aliphatic carbocycles. The maximum absolute atomic E-state index is 13.8. The molecule has 4 aromatic heterocycles. The summed E-state index contributed by atoms with van der Waals surface area (Å²) < 4.78 is 47.4. The van der Waals surface area contributed by atoms with Crippen molar-refractivity contribution in [1.82, 2.24) is 24.6 Å². The van der Waals surface area contributed by atoms with Crippen molar-refractivity contribution in [3.8, 4) is 22.6 Å². The lowest BCUT2D eigenvalue weighted by Gasteiger charge is -2.07. The molecule has 0 amide bonds. The predicted molar refractivity (Wildman–Crippen MR) is 102 cm³/mol. The molecule has 0 aliphatic rings. The van der Waals surface area contributed by atoms with Gasteiger partial charge in [-0.2, -0.15) is 17.7 Å². The van der Waals surface area contributed by atoms with E-state index in [1.165, 1.54) is 19.1 Å². The summed E-state index contributed by atoms with van der Waals surface area (Å²) in [4.78, 5) is 35.5. The third kappa shape index (κ3) is 2.80. The highest BCUT2D eigenvalue weighted by Gasteiger charge is 2.38. The second-order valence-electron chi connectivity index (χ2n) is 6.66. The Morgan fingerprint density at radius 2 is 1.84 bits per heavy atom. The van der Waals surface area contributed by atoms with Gasteiger partial charge in [0.15, 0.2) is 11.2 Å². The van der Waals surface area contributed by atoms with Crippen molar-refractivity contribution >= 4 is 16.7 Å². The Kier molecular flexibility index (Phi) is 3.82. The quantitative estimate of drug-likeness (QED) is 0.452. The van der Waals surface area contributed by atoms with Crippen LogP contribution in [0.5, 0.6) is 0 Å². The monoisotopic (exact) mass is 425 g/mol. The number of H-pyrrole nitrogens is 2. The minimum Gasteiger partial charge on any atom is -0.426 e. The van der Waals surface area contributed by atoms with Gasteiger partial charge in [0.1, 0.15) is 11.3 Å². The van der Waals surface area contributed by atoms with Gasteiger partial charge < -0.3 is 4.42 Å². The number of benzene rings is 1. The van der Waals surface area contributed by atoms with Crippen LogP contribution in [0.1, 0.15) is 11.4 Å². The van der Waals surface area contributed by atoms with Gasteiger partial charge in [-0.15, -0.1) is 0 Å². The van der Waals surface area contributed by atoms with Gasteiger partial charge >= 0.3 is 6.18 Å². The average molecular weight is 425 g/mol. The number of aromatic amines is 2. The average Bonchev–Trinajstić information content (AvgIpc) is 3.31. The van der Waals surface area contributed by atoms with Gasteiger partial charge in [0.25, 0.3) is 11.1 Å². The molecule has 8 nitrogen and oxygen atoms in total. The van der Waals surface area contributed by atoms with Crippen LogP contribution in [-0.4, -0.2) is 24.6 Å². The summed E-state index contributed by atoms with van der Waals surface area (Å²) in [5, 5.41) is 2.12. The fourth-order valence-electron chi connectivity index (χ4n) is 3.38. The number of alkyl halides is 3. The van der Waals surface area contributed by atoms with Crippen molar-refractivity contribution in [1.29, 1.82) is 0 Å². The molecule has 1 aromatic carbocycles. The number of halogens is 3. The van der Waals surface area contributed by atoms with E-state index in [1.807, 2.05) is 0 Å². The van der Waals surface area contributed by atoms with Crippen LogP contribution in [0.4, 0.5) is 13.2 Å². The zero-order chi connectivity index (χ0) is 21.9. The molecule has 0 bridgehead atoms. The van der Waals surface area contributed by atoms with Gasteiger partial charge in [-0.25, -0.2) is 9.97 Å². The number of hydrogen-bond donors (Lipinski definition) is 2. The van der Waals surface area contributed by atoms with Gasteiger partial charge in [-0.05, 0) is 18.6 Å². The standard InChI is InChI=1S/C20H10F3N5O3/c1-9-12(18-26-14-11(31-18)7-8-24-17(14)29)19(30)28-16(25-9)13(10-5-3-2-4-6-10)15(27-28)20(21,22)23/h2-6,27H,1H3,(H,24,29). The highest BCUT2D eigenvalue weighted by atomic mass is 19.4. The highest BCUT2D eigenvalue weighted by Crippen LogP contribution is 2.38. The smallest absolute Gasteiger partial charge is 0.426 e. The van der Waals surface area contributed by atoms with Crippen molar-refractivity contribution in [2.75, 3.05) is 0 Å². The SMILES string of the molecule is Cc1nc2c(-c3ccccc3)c(C(F)(F)F)[nH]n2c(=O)c1-c1nc2c(=O)[nH]c#cc2o1. The van der Waals surface area contributed by atoms with Crippen molar-refractivity contribution in [2.45, 2.75) is 13.1 Å². The van der Waals surface area contributed by atoms with Crippen molar-refractivity contribution < 1.29 is 17.6 Å². The number of fused-ring (bicyclic) bond motifs is 2. The van der Waals surface area contributed by atoms with E-state index in [4.69, 9.17) is 4.42 Å². The van der Waals surface area contributed by atoms with Crippen molar-refractivity contribution in [3.05, 3.63) is 74.7 Å². The van der Waals surface area contributed by atoms with Crippen LogP contribution < -0.4 is 11.1 Å². The number of nitrogens with zero attached hydrogens (tertiary/aromatic N) is 3. The summed E-state index contributed by atoms with van der Waals surface area (Å²) in [7, 11) is 0. The van der Waals surface area contributed by atoms with Gasteiger partial charge in [-0.1, -0.05) is 30.3 Å². The van der Waals surface area contributed by atoms with Crippen molar-refractivity contribution in [2.24, 2.45) is 0 Å². The minimum atomic E-state index is -4.77. The summed E-state index contributed by atoms with van der Waals surface area (Å²) in [5.74, 6) is -0.259. The summed E-state index contributed by atoms with van der Waals surface area (Å²) >= 11 is 0. The number of nitrogens with one attached hydrogen (secondary N) is 2. The molecule has 0 spiro atoms. The van der Waals surface area contributed by atoms with Crippen LogP contribution in [0.25, 0.3) is 39.3 Å². The number of aryl methyl sites for hydroxylation is 1. The Morgan fingerprint density at radius 3 is 2.52 bits per heavy atom. The van der Waals surface area contributed by atoms with Crippen LogP contribution in [0.15, 0.2) is 44.3 Å². The number of aromatic nitrogens is 5. The van der Waals surface area contributed by atoms with Gasteiger partial charge in [0.2, 0.25) is 11.5 Å². The summed E-state index contributed by atoms with van der Waals surface area (Å²) in [6, 6.07) is 10.3. The lowest BCUT2D eigenvalue weighted by Crippen LogP contribution is -2.20. The molecule has 154 valence electrons. The Labute approximate surface area is 170 Å². The Morgan fingerprint density at radius 1 is 1.10 bits per heavy atom. The molecular formula is C20H10F3N5O3. The predicted octanol–water partition coefficient (Wildman–Crippen LogP) is 3.11. The van der Waals surface area contributed by atoms with Gasteiger partial charge in [0, 0.05) is 6.20 Å². The first-order valence-corrected chi connectivity index (χ1v) is 8.86. The van der Waals surface area contributed by atoms with Crippen molar-refractivity contribution in [3.63, 3.8) is 0 Å². The lowest BCUT2D eigenvalue weighted by molar-refractivity contribution is -0.140. The Hall–Kier alpha value is -4.33. The van der Waals surface area contributed by atoms with Crippen LogP contribution in [0, 0.1) is 19.2 Å². The minimum absolute atomic E-state index is 0.0462. The molecule has 11 heteroatoms. The van der Waals surface area contributed by atoms with E-state index in [0.717, 1.165) is 0 Å². The maximum Gasteiger partial charge on any atom is 0.433 e. The normalized spacial score (nSPS) is 11.9. The number of hydrogen-bond acceptors (Lipinski definition) is 5. The second kappa shape index (κ2) is 6.33. The molecule has 2 N–H and O–H groups in total. The van der Waals surface area contributed by atoms with E-state index in [2.05, 4.69) is 32.3 Å². The first-order valence-electron chi connectivity index (χ1n) is 8.86. The van der Waals surface area contributed by atoms with E-state index < -0.39 is 23.0 Å².